The number of halogens is 2. The summed E-state index contributed by atoms with van der Waals surface area (Å²) in [6.45, 7) is 3.71. The molecule has 0 amide bonds. The number of hydrogen-bond acceptors (Lipinski definition) is 4. The number of benzene rings is 1. The first kappa shape index (κ1) is 18.7. The van der Waals surface area contributed by atoms with E-state index >= 15 is 0 Å². The Labute approximate surface area is 140 Å². The van der Waals surface area contributed by atoms with Gasteiger partial charge in [0.05, 0.1) is 16.5 Å². The van der Waals surface area contributed by atoms with Gasteiger partial charge < -0.3 is 10.1 Å². The summed E-state index contributed by atoms with van der Waals surface area (Å²) in [5.74, 6) is 0.780. The molecule has 1 aliphatic rings. The second-order valence-corrected chi connectivity index (χ2v) is 7.56. The largest absolute Gasteiger partial charge is 0.496 e. The van der Waals surface area contributed by atoms with E-state index < -0.39 is 10.0 Å². The lowest BCUT2D eigenvalue weighted by atomic mass is 9.97. The van der Waals surface area contributed by atoms with Crippen LogP contribution in [-0.4, -0.2) is 34.7 Å². The second-order valence-electron chi connectivity index (χ2n) is 4.99. The van der Waals surface area contributed by atoms with Crippen molar-refractivity contribution >= 4 is 38.4 Å². The number of piperidine rings is 1. The zero-order chi connectivity index (χ0) is 14.8. The Morgan fingerprint density at radius 2 is 2.14 bits per heavy atom. The molecule has 2 rings (SSSR count). The molecule has 2 unspecified atom stereocenters. The molecular formula is C13H20BrClN2O3S. The molecule has 1 aromatic rings. The molecule has 21 heavy (non-hydrogen) atoms. The van der Waals surface area contributed by atoms with Crippen LogP contribution in [0.4, 0.5) is 0 Å². The summed E-state index contributed by atoms with van der Waals surface area (Å²) in [4.78, 5) is 0.225. The maximum atomic E-state index is 12.4. The van der Waals surface area contributed by atoms with Crippen LogP contribution >= 0.6 is 28.3 Å². The summed E-state index contributed by atoms with van der Waals surface area (Å²) < 4.78 is 33.5. The van der Waals surface area contributed by atoms with Gasteiger partial charge in [-0.2, -0.15) is 0 Å². The van der Waals surface area contributed by atoms with Gasteiger partial charge in [0.2, 0.25) is 10.0 Å². The molecular weight excluding hydrogens is 380 g/mol. The highest BCUT2D eigenvalue weighted by Gasteiger charge is 2.27. The van der Waals surface area contributed by atoms with Crippen LogP contribution in [0.2, 0.25) is 0 Å². The highest BCUT2D eigenvalue weighted by Crippen LogP contribution is 2.28. The van der Waals surface area contributed by atoms with Crippen LogP contribution in [0.15, 0.2) is 27.6 Å². The number of methoxy groups -OCH3 is 1. The Morgan fingerprint density at radius 1 is 1.43 bits per heavy atom. The zero-order valence-corrected chi connectivity index (χ0v) is 15.1. The molecule has 0 aromatic heterocycles. The first-order chi connectivity index (χ1) is 9.44. The molecule has 1 heterocycles. The summed E-state index contributed by atoms with van der Waals surface area (Å²) in [5.41, 5.74) is 0. The minimum atomic E-state index is -3.52. The van der Waals surface area contributed by atoms with Gasteiger partial charge in [0.25, 0.3) is 0 Å². The molecule has 0 bridgehead atoms. The van der Waals surface area contributed by atoms with E-state index in [-0.39, 0.29) is 29.3 Å². The van der Waals surface area contributed by atoms with E-state index in [2.05, 4.69) is 26.0 Å². The van der Waals surface area contributed by atoms with Crippen molar-refractivity contribution in [3.63, 3.8) is 0 Å². The molecule has 0 aliphatic carbocycles. The summed E-state index contributed by atoms with van der Waals surface area (Å²) in [6.07, 6.45) is 0.800. The summed E-state index contributed by atoms with van der Waals surface area (Å²) in [7, 11) is -2.01. The van der Waals surface area contributed by atoms with E-state index in [0.29, 0.717) is 5.75 Å². The van der Waals surface area contributed by atoms with Crippen molar-refractivity contribution in [3.8, 4) is 5.75 Å². The average molecular weight is 400 g/mol. The Kier molecular flexibility index (Phi) is 6.93. The minimum absolute atomic E-state index is 0. The van der Waals surface area contributed by atoms with Gasteiger partial charge in [-0.1, -0.05) is 6.92 Å². The molecule has 1 fully saturated rings. The lowest BCUT2D eigenvalue weighted by Gasteiger charge is -2.30. The zero-order valence-electron chi connectivity index (χ0n) is 11.9. The van der Waals surface area contributed by atoms with Crippen molar-refractivity contribution in [2.24, 2.45) is 5.92 Å². The first-order valence-electron chi connectivity index (χ1n) is 6.50. The number of sulfonamides is 1. The molecule has 0 radical (unpaired) electrons. The maximum absolute atomic E-state index is 12.4. The second kappa shape index (κ2) is 7.78. The Balaban J connectivity index is 0.00000220. The molecule has 120 valence electrons. The van der Waals surface area contributed by atoms with Crippen LogP contribution in [0, 0.1) is 5.92 Å². The fourth-order valence-electron chi connectivity index (χ4n) is 2.26. The number of nitrogens with one attached hydrogen (secondary N) is 2. The van der Waals surface area contributed by atoms with Gasteiger partial charge in [0.1, 0.15) is 5.75 Å². The standard InChI is InChI=1S/C13H19BrN2O3S.ClH/c1-9-8-15-6-5-12(9)16-20(17,18)10-3-4-11(14)13(7-10)19-2;/h3-4,7,9,12,15-16H,5-6,8H2,1-2H3;1H. The third-order valence-electron chi connectivity index (χ3n) is 3.52. The van der Waals surface area contributed by atoms with Crippen molar-refractivity contribution in [2.45, 2.75) is 24.3 Å². The molecule has 0 spiro atoms. The predicted octanol–water partition coefficient (Wildman–Crippen LogP) is 2.16. The minimum Gasteiger partial charge on any atom is -0.496 e. The fourth-order valence-corrected chi connectivity index (χ4v) is 4.07. The molecule has 2 atom stereocenters. The van der Waals surface area contributed by atoms with Crippen molar-refractivity contribution < 1.29 is 13.2 Å². The van der Waals surface area contributed by atoms with E-state index in [1.165, 1.54) is 13.2 Å². The van der Waals surface area contributed by atoms with E-state index in [9.17, 15) is 8.42 Å². The van der Waals surface area contributed by atoms with Crippen molar-refractivity contribution in [3.05, 3.63) is 22.7 Å². The van der Waals surface area contributed by atoms with E-state index in [1.807, 2.05) is 6.92 Å². The quantitative estimate of drug-likeness (QED) is 0.814. The van der Waals surface area contributed by atoms with Gasteiger partial charge in [-0.25, -0.2) is 13.1 Å². The summed E-state index contributed by atoms with van der Waals surface area (Å²) in [6, 6.07) is 4.74. The van der Waals surface area contributed by atoms with Gasteiger partial charge >= 0.3 is 0 Å². The van der Waals surface area contributed by atoms with Crippen molar-refractivity contribution in [1.29, 1.82) is 0 Å². The van der Waals surface area contributed by atoms with Gasteiger partial charge in [0.15, 0.2) is 0 Å². The first-order valence-corrected chi connectivity index (χ1v) is 8.78. The molecule has 1 aliphatic heterocycles. The van der Waals surface area contributed by atoms with Crippen LogP contribution < -0.4 is 14.8 Å². The number of ether oxygens (including phenoxy) is 1. The van der Waals surface area contributed by atoms with Crippen molar-refractivity contribution in [1.82, 2.24) is 10.0 Å². The van der Waals surface area contributed by atoms with Gasteiger partial charge in [-0.05, 0) is 53.5 Å². The van der Waals surface area contributed by atoms with E-state index in [1.54, 1.807) is 12.1 Å². The summed E-state index contributed by atoms with van der Waals surface area (Å²) in [5, 5.41) is 3.25. The molecule has 8 heteroatoms. The topological polar surface area (TPSA) is 67.4 Å². The van der Waals surface area contributed by atoms with Crippen LogP contribution in [0.25, 0.3) is 0 Å². The molecule has 0 saturated carbocycles. The third-order valence-corrected chi connectivity index (χ3v) is 5.67. The third kappa shape index (κ3) is 4.56. The normalized spacial score (nSPS) is 22.4. The molecule has 1 saturated heterocycles. The fraction of sp³-hybridized carbons (Fsp3) is 0.538. The number of hydrogen-bond donors (Lipinski definition) is 2. The highest BCUT2D eigenvalue weighted by molar-refractivity contribution is 9.10. The monoisotopic (exact) mass is 398 g/mol. The Bertz CT molecular complexity index is 583. The van der Waals surface area contributed by atoms with Crippen molar-refractivity contribution in [2.75, 3.05) is 20.2 Å². The summed E-state index contributed by atoms with van der Waals surface area (Å²) >= 11 is 3.32. The SMILES string of the molecule is COc1cc(S(=O)(=O)NC2CCNCC2C)ccc1Br.Cl. The maximum Gasteiger partial charge on any atom is 0.240 e. The molecule has 5 nitrogen and oxygen atoms in total. The van der Waals surface area contributed by atoms with E-state index in [0.717, 1.165) is 24.0 Å². The molecule has 1 aromatic carbocycles. The smallest absolute Gasteiger partial charge is 0.240 e. The van der Waals surface area contributed by atoms with E-state index in [4.69, 9.17) is 4.74 Å². The highest BCUT2D eigenvalue weighted by atomic mass is 79.9. The Morgan fingerprint density at radius 3 is 2.76 bits per heavy atom. The van der Waals surface area contributed by atoms with Crippen LogP contribution in [0.3, 0.4) is 0 Å². The van der Waals surface area contributed by atoms with Gasteiger partial charge in [0, 0.05) is 12.1 Å². The van der Waals surface area contributed by atoms with Crippen LogP contribution in [-0.2, 0) is 10.0 Å². The van der Waals surface area contributed by atoms with Crippen LogP contribution in [0.1, 0.15) is 13.3 Å². The van der Waals surface area contributed by atoms with Gasteiger partial charge in [-0.15, -0.1) is 12.4 Å². The lowest BCUT2D eigenvalue weighted by molar-refractivity contribution is 0.328. The predicted molar refractivity (Wildman–Crippen MR) is 88.7 cm³/mol. The van der Waals surface area contributed by atoms with Crippen LogP contribution in [0.5, 0.6) is 5.75 Å². The Hall–Kier alpha value is -0.340. The lowest BCUT2D eigenvalue weighted by Crippen LogP contribution is -2.48. The average Bonchev–Trinajstić information content (AvgIpc) is 2.41. The van der Waals surface area contributed by atoms with Gasteiger partial charge in [-0.3, -0.25) is 0 Å². The number of rotatable bonds is 4. The molecule has 2 N–H and O–H groups in total.